The summed E-state index contributed by atoms with van der Waals surface area (Å²) in [5.41, 5.74) is 0.416. The lowest BCUT2D eigenvalue weighted by molar-refractivity contribution is 0.0273. The molecule has 0 fully saturated rings. The van der Waals surface area contributed by atoms with E-state index in [0.717, 1.165) is 13.0 Å². The highest BCUT2D eigenvalue weighted by atomic mass is 16.5. The van der Waals surface area contributed by atoms with Gasteiger partial charge >= 0.3 is 0 Å². The van der Waals surface area contributed by atoms with Crippen molar-refractivity contribution in [1.29, 1.82) is 0 Å². The molecular formula is C16H23N3O2. The summed E-state index contributed by atoms with van der Waals surface area (Å²) in [7, 11) is 0. The number of hydrogen-bond acceptors (Lipinski definition) is 5. The molecule has 0 saturated carbocycles. The standard InChI is InChI=1S/C16H23N3O2/c1-4-14-17-15(21-18-14)11-19(12-16(2,3)20)10-13-8-6-5-7-9-13/h5-9,20H,4,10-12H2,1-3H3. The maximum atomic E-state index is 10.1. The molecule has 0 saturated heterocycles. The summed E-state index contributed by atoms with van der Waals surface area (Å²) in [6.45, 7) is 7.39. The van der Waals surface area contributed by atoms with Gasteiger partial charge in [-0.05, 0) is 19.4 Å². The fourth-order valence-electron chi connectivity index (χ4n) is 2.25. The van der Waals surface area contributed by atoms with Crippen LogP contribution >= 0.6 is 0 Å². The van der Waals surface area contributed by atoms with Crippen LogP contribution < -0.4 is 0 Å². The third kappa shape index (κ3) is 5.28. The molecule has 2 rings (SSSR count). The highest BCUT2D eigenvalue weighted by Crippen LogP contribution is 2.13. The van der Waals surface area contributed by atoms with Crippen molar-refractivity contribution in [3.8, 4) is 0 Å². The summed E-state index contributed by atoms with van der Waals surface area (Å²) in [4.78, 5) is 6.45. The Morgan fingerprint density at radius 1 is 1.19 bits per heavy atom. The van der Waals surface area contributed by atoms with Crippen LogP contribution in [0.25, 0.3) is 0 Å². The molecule has 114 valence electrons. The van der Waals surface area contributed by atoms with Crippen LogP contribution in [0, 0.1) is 0 Å². The normalized spacial score (nSPS) is 12.0. The first-order valence-electron chi connectivity index (χ1n) is 7.26. The van der Waals surface area contributed by atoms with E-state index in [0.29, 0.717) is 24.8 Å². The van der Waals surface area contributed by atoms with Gasteiger partial charge in [-0.3, -0.25) is 4.90 Å². The summed E-state index contributed by atoms with van der Waals surface area (Å²) in [5, 5.41) is 14.0. The third-order valence-electron chi connectivity index (χ3n) is 3.04. The molecule has 0 aliphatic heterocycles. The monoisotopic (exact) mass is 289 g/mol. The van der Waals surface area contributed by atoms with E-state index in [1.165, 1.54) is 5.56 Å². The van der Waals surface area contributed by atoms with E-state index in [-0.39, 0.29) is 0 Å². The second-order valence-electron chi connectivity index (χ2n) is 5.90. The van der Waals surface area contributed by atoms with Crippen molar-refractivity contribution in [2.45, 2.75) is 45.9 Å². The van der Waals surface area contributed by atoms with Gasteiger partial charge in [-0.1, -0.05) is 42.4 Å². The molecule has 0 bridgehead atoms. The molecular weight excluding hydrogens is 266 g/mol. The molecule has 0 aliphatic rings. The molecule has 1 aromatic carbocycles. The number of hydrogen-bond donors (Lipinski definition) is 1. The lowest BCUT2D eigenvalue weighted by Crippen LogP contribution is -2.38. The predicted molar refractivity (Wildman–Crippen MR) is 80.5 cm³/mol. The minimum Gasteiger partial charge on any atom is -0.389 e. The van der Waals surface area contributed by atoms with Crippen LogP contribution in [0.4, 0.5) is 0 Å². The van der Waals surface area contributed by atoms with Gasteiger partial charge in [0.05, 0.1) is 12.1 Å². The topological polar surface area (TPSA) is 62.4 Å². The van der Waals surface area contributed by atoms with Crippen LogP contribution in [-0.2, 0) is 19.5 Å². The first-order chi connectivity index (χ1) is 9.96. The van der Waals surface area contributed by atoms with E-state index in [2.05, 4.69) is 27.2 Å². The average Bonchev–Trinajstić information content (AvgIpc) is 2.85. The first kappa shape index (κ1) is 15.7. The molecule has 0 radical (unpaired) electrons. The molecule has 1 aromatic heterocycles. The number of aryl methyl sites for hydroxylation is 1. The molecule has 1 heterocycles. The molecule has 0 aliphatic carbocycles. The molecule has 1 N–H and O–H groups in total. The largest absolute Gasteiger partial charge is 0.389 e. The number of aromatic nitrogens is 2. The zero-order valence-electron chi connectivity index (χ0n) is 12.9. The van der Waals surface area contributed by atoms with E-state index in [4.69, 9.17) is 4.52 Å². The zero-order chi connectivity index (χ0) is 15.3. The minimum atomic E-state index is -0.775. The van der Waals surface area contributed by atoms with Gasteiger partial charge in [0.25, 0.3) is 0 Å². The molecule has 0 atom stereocenters. The van der Waals surface area contributed by atoms with E-state index >= 15 is 0 Å². The fraction of sp³-hybridized carbons (Fsp3) is 0.500. The number of aliphatic hydroxyl groups is 1. The second-order valence-corrected chi connectivity index (χ2v) is 5.90. The van der Waals surface area contributed by atoms with Crippen molar-refractivity contribution in [2.75, 3.05) is 6.54 Å². The number of benzene rings is 1. The van der Waals surface area contributed by atoms with Crippen LogP contribution in [0.5, 0.6) is 0 Å². The van der Waals surface area contributed by atoms with Crippen molar-refractivity contribution in [3.05, 3.63) is 47.6 Å². The van der Waals surface area contributed by atoms with Gasteiger partial charge in [-0.15, -0.1) is 0 Å². The molecule has 0 amide bonds. The fourth-order valence-corrected chi connectivity index (χ4v) is 2.25. The predicted octanol–water partition coefficient (Wildman–Crippen LogP) is 2.41. The summed E-state index contributed by atoms with van der Waals surface area (Å²) in [6, 6.07) is 10.2. The number of nitrogens with zero attached hydrogens (tertiary/aromatic N) is 3. The van der Waals surface area contributed by atoms with Crippen molar-refractivity contribution < 1.29 is 9.63 Å². The Bertz CT molecular complexity index is 546. The first-order valence-corrected chi connectivity index (χ1v) is 7.26. The Morgan fingerprint density at radius 2 is 1.90 bits per heavy atom. The average molecular weight is 289 g/mol. The van der Waals surface area contributed by atoms with Crippen molar-refractivity contribution >= 4 is 0 Å². The molecule has 0 unspecified atom stereocenters. The van der Waals surface area contributed by atoms with Crippen LogP contribution in [-0.4, -0.2) is 32.3 Å². The maximum Gasteiger partial charge on any atom is 0.240 e. The van der Waals surface area contributed by atoms with E-state index in [9.17, 15) is 5.11 Å². The summed E-state index contributed by atoms with van der Waals surface area (Å²) < 4.78 is 5.25. The zero-order valence-corrected chi connectivity index (χ0v) is 12.9. The van der Waals surface area contributed by atoms with E-state index in [1.807, 2.05) is 25.1 Å². The van der Waals surface area contributed by atoms with Gasteiger partial charge in [-0.2, -0.15) is 4.98 Å². The lowest BCUT2D eigenvalue weighted by Gasteiger charge is -2.27. The van der Waals surface area contributed by atoms with Gasteiger partial charge in [0.1, 0.15) is 0 Å². The van der Waals surface area contributed by atoms with Crippen molar-refractivity contribution in [2.24, 2.45) is 0 Å². The molecule has 5 nitrogen and oxygen atoms in total. The number of rotatable bonds is 7. The Hall–Kier alpha value is -1.72. The molecule has 21 heavy (non-hydrogen) atoms. The smallest absolute Gasteiger partial charge is 0.240 e. The van der Waals surface area contributed by atoms with E-state index < -0.39 is 5.60 Å². The Labute approximate surface area is 125 Å². The maximum absolute atomic E-state index is 10.1. The van der Waals surface area contributed by atoms with Crippen LogP contribution in [0.1, 0.15) is 38.0 Å². The van der Waals surface area contributed by atoms with Crippen LogP contribution in [0.3, 0.4) is 0 Å². The Kier molecular flexibility index (Phi) is 5.09. The van der Waals surface area contributed by atoms with Crippen LogP contribution in [0.15, 0.2) is 34.9 Å². The Balaban J connectivity index is 2.08. The highest BCUT2D eigenvalue weighted by molar-refractivity contribution is 5.14. The summed E-state index contributed by atoms with van der Waals surface area (Å²) >= 11 is 0. The van der Waals surface area contributed by atoms with Gasteiger partial charge in [-0.25, -0.2) is 0 Å². The lowest BCUT2D eigenvalue weighted by atomic mass is 10.1. The molecule has 0 spiro atoms. The Morgan fingerprint density at radius 3 is 2.48 bits per heavy atom. The summed E-state index contributed by atoms with van der Waals surface area (Å²) in [5.74, 6) is 1.31. The van der Waals surface area contributed by atoms with Gasteiger partial charge in [0, 0.05) is 19.5 Å². The van der Waals surface area contributed by atoms with Gasteiger partial charge in [0.2, 0.25) is 5.89 Å². The quantitative estimate of drug-likeness (QED) is 0.848. The summed E-state index contributed by atoms with van der Waals surface area (Å²) in [6.07, 6.45) is 0.758. The molecule has 5 heteroatoms. The van der Waals surface area contributed by atoms with Crippen LogP contribution in [0.2, 0.25) is 0 Å². The van der Waals surface area contributed by atoms with Gasteiger partial charge in [0.15, 0.2) is 5.82 Å². The molecule has 2 aromatic rings. The van der Waals surface area contributed by atoms with Crippen molar-refractivity contribution in [3.63, 3.8) is 0 Å². The van der Waals surface area contributed by atoms with Crippen molar-refractivity contribution in [1.82, 2.24) is 15.0 Å². The van der Waals surface area contributed by atoms with Gasteiger partial charge < -0.3 is 9.63 Å². The minimum absolute atomic E-state index is 0.533. The third-order valence-corrected chi connectivity index (χ3v) is 3.04. The second kappa shape index (κ2) is 6.83. The SMILES string of the molecule is CCc1noc(CN(Cc2ccccc2)CC(C)(C)O)n1. The van der Waals surface area contributed by atoms with E-state index in [1.54, 1.807) is 13.8 Å². The highest BCUT2D eigenvalue weighted by Gasteiger charge is 2.20.